The number of aliphatic hydroxyl groups is 1. The first kappa shape index (κ1) is 12.2. The summed E-state index contributed by atoms with van der Waals surface area (Å²) < 4.78 is 29.2. The molecule has 0 saturated carbocycles. The first-order valence-electron chi connectivity index (χ1n) is 2.10. The van der Waals surface area contributed by atoms with Crippen LogP contribution in [-0.2, 0) is 10.1 Å². The Hall–Kier alpha value is 0.467. The third kappa shape index (κ3) is 11.8. The minimum Gasteiger partial charge on any atom is -0.748 e. The molecule has 0 aliphatic heterocycles. The van der Waals surface area contributed by atoms with Gasteiger partial charge in [0, 0.05) is 12.4 Å². The van der Waals surface area contributed by atoms with E-state index in [1.54, 1.807) is 0 Å². The van der Waals surface area contributed by atoms with Crippen LogP contribution in [0.1, 0.15) is 6.42 Å². The minimum absolute atomic E-state index is 0. The molecule has 0 unspecified atom stereocenters. The van der Waals surface area contributed by atoms with Crippen molar-refractivity contribution >= 4 is 10.1 Å². The molecular weight excluding hydrogens is 139 g/mol. The average Bonchev–Trinajstić information content (AvgIpc) is 1.59. The Bertz CT molecular complexity index is 140. The standard InChI is InChI=1S/C3H8O4S.Li/c4-2-1-3-8(5,6)7;/h4H,1-3H2,(H,5,6,7);/q;+1/p-1. The van der Waals surface area contributed by atoms with Crippen molar-refractivity contribution in [3.8, 4) is 0 Å². The van der Waals surface area contributed by atoms with Crippen molar-refractivity contribution in [2.45, 2.75) is 6.42 Å². The second-order valence-corrected chi connectivity index (χ2v) is 2.86. The molecule has 0 bridgehead atoms. The Morgan fingerprint density at radius 2 is 1.89 bits per heavy atom. The molecule has 0 spiro atoms. The molecule has 1 N–H and O–H groups in total. The van der Waals surface area contributed by atoms with Crippen LogP contribution in [0.15, 0.2) is 0 Å². The molecule has 0 atom stereocenters. The van der Waals surface area contributed by atoms with Crippen molar-refractivity contribution in [2.24, 2.45) is 0 Å². The topological polar surface area (TPSA) is 77.4 Å². The maximum absolute atomic E-state index is 9.72. The summed E-state index contributed by atoms with van der Waals surface area (Å²) in [6.45, 7) is -0.249. The fourth-order valence-corrected chi connectivity index (χ4v) is 0.724. The molecule has 0 aliphatic carbocycles. The van der Waals surface area contributed by atoms with Gasteiger partial charge in [-0.25, -0.2) is 8.42 Å². The number of aliphatic hydroxyl groups excluding tert-OH is 1. The number of hydrogen-bond acceptors (Lipinski definition) is 4. The summed E-state index contributed by atoms with van der Waals surface area (Å²) in [5.74, 6) is -0.469. The Balaban J connectivity index is 0. The third-order valence-corrected chi connectivity index (χ3v) is 1.34. The van der Waals surface area contributed by atoms with E-state index in [4.69, 9.17) is 5.11 Å². The van der Waals surface area contributed by atoms with E-state index in [-0.39, 0.29) is 31.9 Å². The zero-order valence-electron chi connectivity index (χ0n) is 5.20. The normalized spacial score (nSPS) is 10.4. The Labute approximate surface area is 66.2 Å². The van der Waals surface area contributed by atoms with Crippen LogP contribution in [0.25, 0.3) is 0 Å². The summed E-state index contributed by atoms with van der Waals surface area (Å²) in [7, 11) is -4.10. The number of hydrogen-bond donors (Lipinski definition) is 1. The zero-order chi connectivity index (χ0) is 6.62. The van der Waals surface area contributed by atoms with E-state index in [2.05, 4.69) is 0 Å². The molecule has 0 aromatic heterocycles. The molecule has 50 valence electrons. The van der Waals surface area contributed by atoms with E-state index in [1.807, 2.05) is 0 Å². The first-order valence-corrected chi connectivity index (χ1v) is 3.68. The van der Waals surface area contributed by atoms with Crippen molar-refractivity contribution in [1.29, 1.82) is 0 Å². The van der Waals surface area contributed by atoms with Crippen LogP contribution >= 0.6 is 0 Å². The molecule has 6 heteroatoms. The van der Waals surface area contributed by atoms with Gasteiger partial charge in [-0.1, -0.05) is 0 Å². The van der Waals surface area contributed by atoms with Gasteiger partial charge in [0.2, 0.25) is 0 Å². The summed E-state index contributed by atoms with van der Waals surface area (Å²) >= 11 is 0. The molecule has 0 heterocycles. The molecule has 0 aromatic carbocycles. The van der Waals surface area contributed by atoms with Gasteiger partial charge < -0.3 is 9.66 Å². The van der Waals surface area contributed by atoms with Gasteiger partial charge in [-0.2, -0.15) is 0 Å². The van der Waals surface area contributed by atoms with Gasteiger partial charge in [-0.05, 0) is 6.42 Å². The van der Waals surface area contributed by atoms with E-state index in [0.29, 0.717) is 0 Å². The molecule has 0 radical (unpaired) electrons. The quantitative estimate of drug-likeness (QED) is 0.324. The largest absolute Gasteiger partial charge is 1.00 e. The summed E-state index contributed by atoms with van der Waals surface area (Å²) in [5, 5.41) is 8.03. The Morgan fingerprint density at radius 3 is 2.00 bits per heavy atom. The molecule has 0 aliphatic rings. The van der Waals surface area contributed by atoms with Crippen LogP contribution in [0, 0.1) is 0 Å². The molecule has 0 amide bonds. The van der Waals surface area contributed by atoms with E-state index in [0.717, 1.165) is 0 Å². The predicted octanol–water partition coefficient (Wildman–Crippen LogP) is -4.08. The van der Waals surface area contributed by atoms with Crippen LogP contribution in [0.2, 0.25) is 0 Å². The van der Waals surface area contributed by atoms with Crippen LogP contribution in [0.3, 0.4) is 0 Å². The minimum atomic E-state index is -4.10. The SMILES string of the molecule is O=S(=O)([O-])CCCO.[Li+]. The van der Waals surface area contributed by atoms with Crippen molar-refractivity contribution in [2.75, 3.05) is 12.4 Å². The van der Waals surface area contributed by atoms with Crippen LogP contribution in [0.4, 0.5) is 0 Å². The molecular formula is C3H7LiO4S. The maximum Gasteiger partial charge on any atom is 1.00 e. The Kier molecular flexibility index (Phi) is 7.12. The van der Waals surface area contributed by atoms with Crippen LogP contribution in [-0.4, -0.2) is 30.4 Å². The van der Waals surface area contributed by atoms with Crippen LogP contribution in [0.5, 0.6) is 0 Å². The zero-order valence-corrected chi connectivity index (χ0v) is 6.02. The van der Waals surface area contributed by atoms with Crippen LogP contribution < -0.4 is 18.9 Å². The van der Waals surface area contributed by atoms with Gasteiger partial charge in [-0.15, -0.1) is 0 Å². The average molecular weight is 146 g/mol. The van der Waals surface area contributed by atoms with Gasteiger partial charge in [-0.3, -0.25) is 0 Å². The van der Waals surface area contributed by atoms with E-state index < -0.39 is 15.9 Å². The second-order valence-electron chi connectivity index (χ2n) is 1.34. The fourth-order valence-electron chi connectivity index (χ4n) is 0.241. The van der Waals surface area contributed by atoms with Crippen molar-refractivity contribution < 1.29 is 36.9 Å². The van der Waals surface area contributed by atoms with Crippen molar-refractivity contribution in [1.82, 2.24) is 0 Å². The molecule has 9 heavy (non-hydrogen) atoms. The molecule has 0 aromatic rings. The summed E-state index contributed by atoms with van der Waals surface area (Å²) in [6.07, 6.45) is 0.0336. The third-order valence-electron chi connectivity index (χ3n) is 0.552. The summed E-state index contributed by atoms with van der Waals surface area (Å²) in [4.78, 5) is 0. The monoisotopic (exact) mass is 146 g/mol. The molecule has 0 fully saturated rings. The first-order chi connectivity index (χ1) is 3.56. The Morgan fingerprint density at radius 1 is 1.44 bits per heavy atom. The molecule has 0 saturated heterocycles. The molecule has 4 nitrogen and oxygen atoms in total. The van der Waals surface area contributed by atoms with Gasteiger partial charge in [0.1, 0.15) is 0 Å². The van der Waals surface area contributed by atoms with E-state index in [9.17, 15) is 13.0 Å². The van der Waals surface area contributed by atoms with Gasteiger partial charge in [0.15, 0.2) is 0 Å². The summed E-state index contributed by atoms with van der Waals surface area (Å²) in [5.41, 5.74) is 0. The smallest absolute Gasteiger partial charge is 0.748 e. The van der Waals surface area contributed by atoms with E-state index >= 15 is 0 Å². The molecule has 0 rings (SSSR count). The van der Waals surface area contributed by atoms with Gasteiger partial charge in [0.05, 0.1) is 10.1 Å². The van der Waals surface area contributed by atoms with Gasteiger partial charge in [0.25, 0.3) is 0 Å². The predicted molar refractivity (Wildman–Crippen MR) is 26.3 cm³/mol. The maximum atomic E-state index is 9.72. The van der Waals surface area contributed by atoms with Crippen molar-refractivity contribution in [3.63, 3.8) is 0 Å². The van der Waals surface area contributed by atoms with E-state index in [1.165, 1.54) is 0 Å². The van der Waals surface area contributed by atoms with Crippen molar-refractivity contribution in [3.05, 3.63) is 0 Å². The fraction of sp³-hybridized carbons (Fsp3) is 1.00. The second kappa shape index (κ2) is 5.27. The summed E-state index contributed by atoms with van der Waals surface area (Å²) in [6, 6.07) is 0. The number of rotatable bonds is 3. The van der Waals surface area contributed by atoms with Gasteiger partial charge >= 0.3 is 18.9 Å².